The lowest BCUT2D eigenvalue weighted by atomic mass is 9.95. The van der Waals surface area contributed by atoms with Gasteiger partial charge < -0.3 is 29.2 Å². The van der Waals surface area contributed by atoms with Gasteiger partial charge in [0.05, 0.1) is 38.1 Å². The van der Waals surface area contributed by atoms with Crippen LogP contribution in [0.5, 0.6) is 23.0 Å². The van der Waals surface area contributed by atoms with Crippen LogP contribution in [0.3, 0.4) is 0 Å². The minimum atomic E-state index is -0.605. The molecule has 1 N–H and O–H groups in total. The number of carbonyl (C=O) groups excluding carboxylic acids is 2. The normalized spacial score (nSPS) is 19.3. The minimum Gasteiger partial charge on any atom is -0.497 e. The number of hydrogen-bond acceptors (Lipinski definition) is 6. The van der Waals surface area contributed by atoms with E-state index in [4.69, 9.17) is 18.9 Å². The second kappa shape index (κ2) is 7.67. The fraction of sp³-hybridized carbons (Fsp3) is 0.304. The number of methoxy groups -OCH3 is 2. The summed E-state index contributed by atoms with van der Waals surface area (Å²) in [5, 5.41) is 2.94. The van der Waals surface area contributed by atoms with Crippen LogP contribution in [0.2, 0.25) is 0 Å². The smallest absolute Gasteiger partial charge is 0.322 e. The molecule has 0 saturated heterocycles. The van der Waals surface area contributed by atoms with E-state index in [2.05, 4.69) is 5.32 Å². The Morgan fingerprint density at radius 2 is 1.75 bits per heavy atom. The van der Waals surface area contributed by atoms with E-state index in [1.807, 2.05) is 18.2 Å². The molecule has 0 saturated carbocycles. The maximum atomic E-state index is 13.5. The molecule has 5 rings (SSSR count). The third kappa shape index (κ3) is 3.26. The van der Waals surface area contributed by atoms with E-state index in [1.54, 1.807) is 44.4 Å². The number of nitrogens with one attached hydrogen (secondary N) is 1. The highest BCUT2D eigenvalue weighted by atomic mass is 16.7. The molecule has 0 aromatic heterocycles. The first kappa shape index (κ1) is 20.0. The fourth-order valence-electron chi connectivity index (χ4n) is 4.26. The third-order valence-corrected chi connectivity index (χ3v) is 5.95. The van der Waals surface area contributed by atoms with Crippen molar-refractivity contribution in [2.45, 2.75) is 12.6 Å². The zero-order valence-corrected chi connectivity index (χ0v) is 18.0. The van der Waals surface area contributed by atoms with Crippen molar-refractivity contribution in [2.75, 3.05) is 34.6 Å². The van der Waals surface area contributed by atoms with Crippen molar-refractivity contribution < 1.29 is 28.5 Å². The van der Waals surface area contributed by atoms with Gasteiger partial charge in [-0.25, -0.2) is 4.79 Å². The van der Waals surface area contributed by atoms with Gasteiger partial charge in [-0.1, -0.05) is 6.07 Å². The van der Waals surface area contributed by atoms with Crippen LogP contribution < -0.4 is 24.3 Å². The van der Waals surface area contributed by atoms with Gasteiger partial charge in [0, 0.05) is 19.7 Å². The number of benzene rings is 2. The van der Waals surface area contributed by atoms with E-state index in [0.29, 0.717) is 52.9 Å². The van der Waals surface area contributed by atoms with Gasteiger partial charge in [0.25, 0.3) is 5.91 Å². The molecular weight excluding hydrogens is 414 g/mol. The molecule has 9 heteroatoms. The number of urea groups is 1. The van der Waals surface area contributed by atoms with Crippen molar-refractivity contribution in [3.8, 4) is 23.0 Å². The lowest BCUT2D eigenvalue weighted by Crippen LogP contribution is -2.45. The first-order valence-corrected chi connectivity index (χ1v) is 10.2. The van der Waals surface area contributed by atoms with E-state index in [9.17, 15) is 9.59 Å². The number of nitrogens with zero attached hydrogens (tertiary/aromatic N) is 2. The predicted octanol–water partition coefficient (Wildman–Crippen LogP) is 2.43. The zero-order valence-electron chi connectivity index (χ0n) is 18.0. The lowest BCUT2D eigenvalue weighted by Gasteiger charge is -2.31. The van der Waals surface area contributed by atoms with Gasteiger partial charge in [-0.3, -0.25) is 9.69 Å². The average Bonchev–Trinajstić information content (AvgIpc) is 3.40. The van der Waals surface area contributed by atoms with Crippen molar-refractivity contribution in [2.24, 2.45) is 0 Å². The Kier molecular flexibility index (Phi) is 4.80. The molecule has 32 heavy (non-hydrogen) atoms. The van der Waals surface area contributed by atoms with E-state index < -0.39 is 6.04 Å². The fourth-order valence-corrected chi connectivity index (χ4v) is 4.26. The summed E-state index contributed by atoms with van der Waals surface area (Å²) in [5.41, 5.74) is 2.87. The molecule has 166 valence electrons. The summed E-state index contributed by atoms with van der Waals surface area (Å²) in [6, 6.07) is 10.1. The van der Waals surface area contributed by atoms with Gasteiger partial charge in [-0.05, 0) is 35.4 Å². The number of amides is 3. The van der Waals surface area contributed by atoms with Gasteiger partial charge in [-0.15, -0.1) is 0 Å². The van der Waals surface area contributed by atoms with Gasteiger partial charge in [0.2, 0.25) is 6.79 Å². The SMILES string of the molecule is COc1cc(OC)cc([C@@H]2NC(=O)N(C)C3=C2C(=O)N(Cc2ccc4c(c2)OCO4)C3)c1. The minimum absolute atomic E-state index is 0.128. The predicted molar refractivity (Wildman–Crippen MR) is 114 cm³/mol. The van der Waals surface area contributed by atoms with Crippen molar-refractivity contribution in [1.82, 2.24) is 15.1 Å². The molecule has 2 aromatic rings. The molecular formula is C23H23N3O6. The van der Waals surface area contributed by atoms with Crippen LogP contribution in [-0.4, -0.2) is 56.3 Å². The maximum absolute atomic E-state index is 13.5. The van der Waals surface area contributed by atoms with Crippen molar-refractivity contribution >= 4 is 11.9 Å². The molecule has 3 aliphatic rings. The Balaban J connectivity index is 1.47. The summed E-state index contributed by atoms with van der Waals surface area (Å²) in [7, 11) is 4.79. The highest BCUT2D eigenvalue weighted by molar-refractivity contribution is 6.01. The van der Waals surface area contributed by atoms with Crippen LogP contribution in [0, 0.1) is 0 Å². The van der Waals surface area contributed by atoms with Crippen LogP contribution in [0.15, 0.2) is 47.7 Å². The van der Waals surface area contributed by atoms with Gasteiger partial charge in [0.1, 0.15) is 11.5 Å². The summed E-state index contributed by atoms with van der Waals surface area (Å²) in [6.45, 7) is 0.921. The summed E-state index contributed by atoms with van der Waals surface area (Å²) >= 11 is 0. The molecule has 1 atom stereocenters. The summed E-state index contributed by atoms with van der Waals surface area (Å²) in [6.07, 6.45) is 0. The summed E-state index contributed by atoms with van der Waals surface area (Å²) < 4.78 is 21.6. The van der Waals surface area contributed by atoms with Crippen molar-refractivity contribution in [3.63, 3.8) is 0 Å². The van der Waals surface area contributed by atoms with E-state index >= 15 is 0 Å². The highest BCUT2D eigenvalue weighted by Gasteiger charge is 2.43. The second-order valence-corrected chi connectivity index (χ2v) is 7.80. The number of hydrogen-bond donors (Lipinski definition) is 1. The number of carbonyl (C=O) groups is 2. The van der Waals surface area contributed by atoms with Crippen LogP contribution in [0.4, 0.5) is 4.79 Å². The van der Waals surface area contributed by atoms with Crippen LogP contribution in [0.25, 0.3) is 0 Å². The number of fused-ring (bicyclic) bond motifs is 1. The van der Waals surface area contributed by atoms with Crippen LogP contribution in [-0.2, 0) is 11.3 Å². The standard InChI is InChI=1S/C23H23N3O6/c1-25-17-11-26(10-13-4-5-18-19(6-13)32-12-31-18)22(27)20(17)21(24-23(25)28)14-7-15(29-2)9-16(8-14)30-3/h4-9,21H,10-12H2,1-3H3,(H,24,28)/t21-/m0/s1. The van der Waals surface area contributed by atoms with Gasteiger partial charge in [0.15, 0.2) is 11.5 Å². The summed E-state index contributed by atoms with van der Waals surface area (Å²) in [5.74, 6) is 2.40. The molecule has 3 aliphatic heterocycles. The molecule has 3 amide bonds. The Morgan fingerprint density at radius 1 is 1.03 bits per heavy atom. The molecule has 0 spiro atoms. The second-order valence-electron chi connectivity index (χ2n) is 7.80. The molecule has 9 nitrogen and oxygen atoms in total. The van der Waals surface area contributed by atoms with Gasteiger partial charge in [-0.2, -0.15) is 0 Å². The lowest BCUT2D eigenvalue weighted by molar-refractivity contribution is -0.126. The van der Waals surface area contributed by atoms with Crippen molar-refractivity contribution in [1.29, 1.82) is 0 Å². The largest absolute Gasteiger partial charge is 0.497 e. The first-order chi connectivity index (χ1) is 15.5. The molecule has 2 aromatic carbocycles. The highest BCUT2D eigenvalue weighted by Crippen LogP contribution is 2.39. The molecule has 3 heterocycles. The Hall–Kier alpha value is -3.88. The monoisotopic (exact) mass is 437 g/mol. The summed E-state index contributed by atoms with van der Waals surface area (Å²) in [4.78, 5) is 29.4. The van der Waals surface area contributed by atoms with E-state index in [1.165, 1.54) is 4.90 Å². The molecule has 0 unspecified atom stereocenters. The Morgan fingerprint density at radius 3 is 2.47 bits per heavy atom. The van der Waals surface area contributed by atoms with Gasteiger partial charge >= 0.3 is 6.03 Å². The first-order valence-electron chi connectivity index (χ1n) is 10.2. The molecule has 0 bridgehead atoms. The van der Waals surface area contributed by atoms with E-state index in [0.717, 1.165) is 5.56 Å². The Bertz CT molecular complexity index is 1120. The zero-order chi connectivity index (χ0) is 22.4. The Labute approximate surface area is 185 Å². The number of rotatable bonds is 5. The molecule has 0 radical (unpaired) electrons. The number of likely N-dealkylation sites (N-methyl/N-ethyl adjacent to an activating group) is 1. The van der Waals surface area contributed by atoms with Crippen LogP contribution in [0.1, 0.15) is 17.2 Å². The average molecular weight is 437 g/mol. The van der Waals surface area contributed by atoms with E-state index in [-0.39, 0.29) is 18.7 Å². The van der Waals surface area contributed by atoms with Crippen LogP contribution >= 0.6 is 0 Å². The molecule has 0 aliphatic carbocycles. The van der Waals surface area contributed by atoms with Crippen molar-refractivity contribution in [3.05, 3.63) is 58.8 Å². The third-order valence-electron chi connectivity index (χ3n) is 5.95. The topological polar surface area (TPSA) is 89.6 Å². The quantitative estimate of drug-likeness (QED) is 0.773. The maximum Gasteiger partial charge on any atom is 0.322 e. The molecule has 0 fully saturated rings. The number of ether oxygens (including phenoxy) is 4.